The molecule has 20 heavy (non-hydrogen) atoms. The lowest BCUT2D eigenvalue weighted by atomic mass is 9.92. The van der Waals surface area contributed by atoms with Gasteiger partial charge in [-0.1, -0.05) is 65.2 Å². The van der Waals surface area contributed by atoms with E-state index in [4.69, 9.17) is 23.2 Å². The van der Waals surface area contributed by atoms with Crippen LogP contribution in [0.4, 0.5) is 0 Å². The molecule has 0 spiro atoms. The van der Waals surface area contributed by atoms with Crippen LogP contribution in [0.5, 0.6) is 0 Å². The van der Waals surface area contributed by atoms with Gasteiger partial charge in [0.05, 0.1) is 10.0 Å². The molecule has 0 aliphatic carbocycles. The minimum atomic E-state index is 0.136. The number of aliphatic hydroxyl groups is 1. The Morgan fingerprint density at radius 1 is 1.05 bits per heavy atom. The minimum Gasteiger partial charge on any atom is -0.396 e. The van der Waals surface area contributed by atoms with Gasteiger partial charge in [0.1, 0.15) is 0 Å². The summed E-state index contributed by atoms with van der Waals surface area (Å²) in [4.78, 5) is 0. The molecule has 0 radical (unpaired) electrons. The quantitative estimate of drug-likeness (QED) is 0.849. The second-order valence-corrected chi connectivity index (χ2v) is 5.94. The van der Waals surface area contributed by atoms with Gasteiger partial charge in [-0.05, 0) is 42.9 Å². The van der Waals surface area contributed by atoms with Gasteiger partial charge in [-0.25, -0.2) is 0 Å². The Morgan fingerprint density at radius 2 is 1.80 bits per heavy atom. The van der Waals surface area contributed by atoms with Crippen molar-refractivity contribution in [3.05, 3.63) is 69.2 Å². The number of aryl methyl sites for hydroxylation is 1. The van der Waals surface area contributed by atoms with Crippen molar-refractivity contribution in [3.63, 3.8) is 0 Å². The van der Waals surface area contributed by atoms with E-state index in [-0.39, 0.29) is 12.5 Å². The highest BCUT2D eigenvalue weighted by Crippen LogP contribution is 2.28. The molecule has 2 rings (SSSR count). The van der Waals surface area contributed by atoms with Gasteiger partial charge in [-0.15, -0.1) is 0 Å². The second kappa shape index (κ2) is 7.12. The maximum absolute atomic E-state index is 9.60. The smallest absolute Gasteiger partial charge is 0.0624 e. The van der Waals surface area contributed by atoms with E-state index in [1.807, 2.05) is 18.2 Å². The Kier molecular flexibility index (Phi) is 5.47. The third kappa shape index (κ3) is 3.99. The first-order valence-corrected chi connectivity index (χ1v) is 7.45. The molecule has 0 aliphatic rings. The lowest BCUT2D eigenvalue weighted by Crippen LogP contribution is -2.13. The number of rotatable bonds is 5. The maximum atomic E-state index is 9.60. The molecule has 0 saturated carbocycles. The van der Waals surface area contributed by atoms with E-state index >= 15 is 0 Å². The lowest BCUT2D eigenvalue weighted by Gasteiger charge is -2.16. The Labute approximate surface area is 130 Å². The van der Waals surface area contributed by atoms with Crippen molar-refractivity contribution in [2.45, 2.75) is 19.8 Å². The largest absolute Gasteiger partial charge is 0.396 e. The monoisotopic (exact) mass is 308 g/mol. The van der Waals surface area contributed by atoms with Crippen LogP contribution in [0.25, 0.3) is 0 Å². The van der Waals surface area contributed by atoms with Gasteiger partial charge in [0.2, 0.25) is 0 Å². The Morgan fingerprint density at radius 3 is 2.50 bits per heavy atom. The zero-order valence-corrected chi connectivity index (χ0v) is 13.0. The number of hydrogen-bond acceptors (Lipinski definition) is 1. The fourth-order valence-corrected chi connectivity index (χ4v) is 2.79. The van der Waals surface area contributed by atoms with Gasteiger partial charge < -0.3 is 5.11 Å². The van der Waals surface area contributed by atoms with E-state index in [9.17, 15) is 5.11 Å². The average molecular weight is 309 g/mol. The summed E-state index contributed by atoms with van der Waals surface area (Å²) in [7, 11) is 0. The normalized spacial score (nSPS) is 12.4. The fraction of sp³-hybridized carbons (Fsp3) is 0.294. The van der Waals surface area contributed by atoms with Crippen molar-refractivity contribution in [2.24, 2.45) is 5.92 Å². The number of aliphatic hydroxyl groups excluding tert-OH is 1. The van der Waals surface area contributed by atoms with Crippen LogP contribution < -0.4 is 0 Å². The van der Waals surface area contributed by atoms with E-state index in [1.165, 1.54) is 11.1 Å². The number of hydrogen-bond donors (Lipinski definition) is 1. The summed E-state index contributed by atoms with van der Waals surface area (Å²) in [6.45, 7) is 2.21. The van der Waals surface area contributed by atoms with Crippen LogP contribution in [0, 0.1) is 12.8 Å². The Balaban J connectivity index is 2.11. The predicted octanol–water partition coefficient (Wildman–Crippen LogP) is 4.70. The van der Waals surface area contributed by atoms with Crippen molar-refractivity contribution in [1.82, 2.24) is 0 Å². The van der Waals surface area contributed by atoms with E-state index < -0.39 is 0 Å². The predicted molar refractivity (Wildman–Crippen MR) is 85.6 cm³/mol. The molecule has 0 bridgehead atoms. The van der Waals surface area contributed by atoms with Crippen molar-refractivity contribution < 1.29 is 5.11 Å². The second-order valence-electron chi connectivity index (χ2n) is 5.16. The van der Waals surface area contributed by atoms with Crippen molar-refractivity contribution in [3.8, 4) is 0 Å². The van der Waals surface area contributed by atoms with Crippen molar-refractivity contribution in [2.75, 3.05) is 6.61 Å². The van der Waals surface area contributed by atoms with E-state index in [0.29, 0.717) is 10.0 Å². The van der Waals surface area contributed by atoms with Crippen LogP contribution in [-0.2, 0) is 12.8 Å². The highest BCUT2D eigenvalue weighted by Gasteiger charge is 2.13. The van der Waals surface area contributed by atoms with Crippen LogP contribution in [0.3, 0.4) is 0 Å². The van der Waals surface area contributed by atoms with Crippen LogP contribution in [-0.4, -0.2) is 11.7 Å². The van der Waals surface area contributed by atoms with Crippen LogP contribution in [0.2, 0.25) is 10.0 Å². The Bertz CT molecular complexity index is 581. The van der Waals surface area contributed by atoms with Gasteiger partial charge in [0, 0.05) is 6.61 Å². The molecule has 0 amide bonds. The van der Waals surface area contributed by atoms with Gasteiger partial charge in [-0.3, -0.25) is 0 Å². The molecule has 1 nitrogen and oxygen atoms in total. The van der Waals surface area contributed by atoms with Crippen LogP contribution in [0.15, 0.2) is 42.5 Å². The summed E-state index contributed by atoms with van der Waals surface area (Å²) < 4.78 is 0. The molecule has 0 heterocycles. The molecular formula is C17H18Cl2O. The maximum Gasteiger partial charge on any atom is 0.0624 e. The zero-order valence-electron chi connectivity index (χ0n) is 11.4. The average Bonchev–Trinajstić information content (AvgIpc) is 2.43. The lowest BCUT2D eigenvalue weighted by molar-refractivity contribution is 0.225. The van der Waals surface area contributed by atoms with E-state index in [2.05, 4.69) is 25.1 Å². The molecule has 3 heteroatoms. The highest BCUT2D eigenvalue weighted by atomic mass is 35.5. The topological polar surface area (TPSA) is 20.2 Å². The Hall–Kier alpha value is -1.02. The first kappa shape index (κ1) is 15.4. The molecule has 0 aliphatic heterocycles. The van der Waals surface area contributed by atoms with Gasteiger partial charge in [0.15, 0.2) is 0 Å². The van der Waals surface area contributed by atoms with Crippen molar-refractivity contribution >= 4 is 23.2 Å². The highest BCUT2D eigenvalue weighted by molar-refractivity contribution is 6.42. The molecule has 0 aromatic heterocycles. The molecule has 2 aromatic rings. The van der Waals surface area contributed by atoms with Crippen LogP contribution >= 0.6 is 23.2 Å². The molecule has 106 valence electrons. The fourth-order valence-electron chi connectivity index (χ4n) is 2.39. The van der Waals surface area contributed by atoms with E-state index in [0.717, 1.165) is 18.4 Å². The van der Waals surface area contributed by atoms with E-state index in [1.54, 1.807) is 6.07 Å². The summed E-state index contributed by atoms with van der Waals surface area (Å²) >= 11 is 12.2. The molecule has 0 saturated heterocycles. The van der Waals surface area contributed by atoms with Gasteiger partial charge >= 0.3 is 0 Å². The third-order valence-corrected chi connectivity index (χ3v) is 4.26. The van der Waals surface area contributed by atoms with Crippen molar-refractivity contribution in [1.29, 1.82) is 0 Å². The molecule has 2 aromatic carbocycles. The standard InChI is InChI=1S/C17H18Cl2O/c1-12-4-2-5-13(8-12)9-14(11-20)10-15-6-3-7-16(18)17(15)19/h2-8,14,20H,9-11H2,1H3. The number of halogens is 2. The summed E-state index contributed by atoms with van der Waals surface area (Å²) in [5, 5.41) is 10.8. The SMILES string of the molecule is Cc1cccc(CC(CO)Cc2cccc(Cl)c2Cl)c1. The molecule has 1 unspecified atom stereocenters. The molecule has 0 fully saturated rings. The minimum absolute atomic E-state index is 0.136. The molecule has 1 atom stereocenters. The molecular weight excluding hydrogens is 291 g/mol. The molecule has 1 N–H and O–H groups in total. The third-order valence-electron chi connectivity index (χ3n) is 3.41. The van der Waals surface area contributed by atoms with Gasteiger partial charge in [-0.2, -0.15) is 0 Å². The van der Waals surface area contributed by atoms with Gasteiger partial charge in [0.25, 0.3) is 0 Å². The summed E-state index contributed by atoms with van der Waals surface area (Å²) in [6, 6.07) is 14.0. The van der Waals surface area contributed by atoms with Crippen LogP contribution in [0.1, 0.15) is 16.7 Å². The zero-order chi connectivity index (χ0) is 14.5. The first-order chi connectivity index (χ1) is 9.60. The summed E-state index contributed by atoms with van der Waals surface area (Å²) in [5.74, 6) is 0.146. The number of benzene rings is 2. The summed E-state index contributed by atoms with van der Waals surface area (Å²) in [6.07, 6.45) is 1.56. The summed E-state index contributed by atoms with van der Waals surface area (Å²) in [5.41, 5.74) is 3.47. The first-order valence-electron chi connectivity index (χ1n) is 6.69.